The fourth-order valence-corrected chi connectivity index (χ4v) is 3.33. The molecule has 23 heavy (non-hydrogen) atoms. The van der Waals surface area contributed by atoms with E-state index in [9.17, 15) is 9.59 Å². The molecule has 1 atom stereocenters. The van der Waals surface area contributed by atoms with Crippen LogP contribution in [0.5, 0.6) is 0 Å². The molecule has 2 saturated heterocycles. The molecule has 2 aliphatic rings. The van der Waals surface area contributed by atoms with Crippen molar-refractivity contribution in [3.8, 4) is 0 Å². The third kappa shape index (κ3) is 3.72. The number of piperidine rings is 1. The van der Waals surface area contributed by atoms with Crippen LogP contribution in [-0.4, -0.2) is 60.9 Å². The van der Waals surface area contributed by atoms with Gasteiger partial charge in [-0.3, -0.25) is 9.59 Å². The van der Waals surface area contributed by atoms with E-state index in [0.29, 0.717) is 26.2 Å². The molecule has 0 saturated carbocycles. The zero-order chi connectivity index (χ0) is 16.2. The van der Waals surface area contributed by atoms with E-state index in [1.54, 1.807) is 0 Å². The first-order chi connectivity index (χ1) is 11.1. The number of rotatable bonds is 2. The number of nitrogens with zero attached hydrogens (tertiary/aromatic N) is 2. The van der Waals surface area contributed by atoms with Crippen molar-refractivity contribution in [1.82, 2.24) is 15.1 Å². The molecular weight excluding hydrogens is 290 g/mol. The lowest BCUT2D eigenvalue weighted by molar-refractivity contribution is -0.137. The van der Waals surface area contributed by atoms with E-state index in [0.717, 1.165) is 37.1 Å². The van der Waals surface area contributed by atoms with E-state index in [2.05, 4.69) is 5.32 Å². The monoisotopic (exact) mass is 315 g/mol. The number of hydrogen-bond acceptors (Lipinski definition) is 3. The lowest BCUT2D eigenvalue weighted by atomic mass is 9.98. The second kappa shape index (κ2) is 7.13. The maximum absolute atomic E-state index is 12.5. The van der Waals surface area contributed by atoms with Gasteiger partial charge in [-0.1, -0.05) is 17.7 Å². The molecule has 5 nitrogen and oxygen atoms in total. The largest absolute Gasteiger partial charge is 0.339 e. The number of benzene rings is 1. The van der Waals surface area contributed by atoms with Gasteiger partial charge in [-0.2, -0.15) is 0 Å². The quantitative estimate of drug-likeness (QED) is 0.894. The second-order valence-electron chi connectivity index (χ2n) is 6.53. The van der Waals surface area contributed by atoms with Crippen LogP contribution < -0.4 is 5.32 Å². The molecule has 1 aromatic rings. The average molecular weight is 315 g/mol. The number of aryl methyl sites for hydroxylation is 1. The number of hydrogen-bond donors (Lipinski definition) is 1. The van der Waals surface area contributed by atoms with E-state index in [4.69, 9.17) is 0 Å². The van der Waals surface area contributed by atoms with Gasteiger partial charge in [0.25, 0.3) is 5.91 Å². The number of carbonyl (C=O) groups excluding carboxylic acids is 2. The van der Waals surface area contributed by atoms with Crippen LogP contribution in [0.25, 0.3) is 0 Å². The van der Waals surface area contributed by atoms with Crippen LogP contribution in [0.3, 0.4) is 0 Å². The third-order valence-electron chi connectivity index (χ3n) is 4.82. The lowest BCUT2D eigenvalue weighted by Crippen LogP contribution is -2.53. The van der Waals surface area contributed by atoms with Gasteiger partial charge in [-0.25, -0.2) is 0 Å². The highest BCUT2D eigenvalue weighted by atomic mass is 16.2. The summed E-state index contributed by atoms with van der Waals surface area (Å²) in [6.07, 6.45) is 2.05. The van der Waals surface area contributed by atoms with Crippen LogP contribution in [0, 0.1) is 12.8 Å². The number of amides is 2. The van der Waals surface area contributed by atoms with E-state index >= 15 is 0 Å². The second-order valence-corrected chi connectivity index (χ2v) is 6.53. The molecule has 2 amide bonds. The lowest BCUT2D eigenvalue weighted by Gasteiger charge is -2.37. The Morgan fingerprint density at radius 3 is 2.30 bits per heavy atom. The van der Waals surface area contributed by atoms with Crippen LogP contribution in [0.2, 0.25) is 0 Å². The molecule has 0 bridgehead atoms. The molecule has 0 aromatic heterocycles. The Labute approximate surface area is 137 Å². The minimum atomic E-state index is 0.0661. The average Bonchev–Trinajstić information content (AvgIpc) is 2.62. The maximum Gasteiger partial charge on any atom is 0.253 e. The van der Waals surface area contributed by atoms with E-state index in [-0.39, 0.29) is 17.7 Å². The molecular formula is C18H25N3O2. The Morgan fingerprint density at radius 1 is 1.04 bits per heavy atom. The Bertz CT molecular complexity index is 556. The zero-order valence-corrected chi connectivity index (χ0v) is 13.8. The molecule has 124 valence electrons. The molecule has 2 fully saturated rings. The SMILES string of the molecule is Cc1ccc(C(=O)N2CCN(C(=O)C3CCCNC3)CC2)cc1. The van der Waals surface area contributed by atoms with Crippen molar-refractivity contribution in [2.45, 2.75) is 19.8 Å². The van der Waals surface area contributed by atoms with Gasteiger partial charge < -0.3 is 15.1 Å². The first kappa shape index (κ1) is 16.0. The Kier molecular flexibility index (Phi) is 4.96. The van der Waals surface area contributed by atoms with Crippen LogP contribution in [0.4, 0.5) is 0 Å². The van der Waals surface area contributed by atoms with E-state index < -0.39 is 0 Å². The number of piperazine rings is 1. The van der Waals surface area contributed by atoms with Gasteiger partial charge in [0, 0.05) is 38.3 Å². The van der Waals surface area contributed by atoms with Gasteiger partial charge in [0.05, 0.1) is 5.92 Å². The molecule has 0 radical (unpaired) electrons. The first-order valence-corrected chi connectivity index (χ1v) is 8.50. The Balaban J connectivity index is 1.54. The minimum absolute atomic E-state index is 0.0661. The van der Waals surface area contributed by atoms with Gasteiger partial charge in [0.2, 0.25) is 5.91 Å². The predicted molar refractivity (Wildman–Crippen MR) is 89.3 cm³/mol. The molecule has 5 heteroatoms. The van der Waals surface area contributed by atoms with Crippen molar-refractivity contribution in [3.63, 3.8) is 0 Å². The van der Waals surface area contributed by atoms with Crippen molar-refractivity contribution < 1.29 is 9.59 Å². The highest BCUT2D eigenvalue weighted by Crippen LogP contribution is 2.16. The smallest absolute Gasteiger partial charge is 0.253 e. The fraction of sp³-hybridized carbons (Fsp3) is 0.556. The van der Waals surface area contributed by atoms with E-state index in [1.807, 2.05) is 41.0 Å². The van der Waals surface area contributed by atoms with Gasteiger partial charge in [-0.15, -0.1) is 0 Å². The number of carbonyl (C=O) groups is 2. The summed E-state index contributed by atoms with van der Waals surface area (Å²) in [6, 6.07) is 7.68. The Morgan fingerprint density at radius 2 is 1.70 bits per heavy atom. The summed E-state index contributed by atoms with van der Waals surface area (Å²) < 4.78 is 0. The Hall–Kier alpha value is -1.88. The van der Waals surface area contributed by atoms with Gasteiger partial charge >= 0.3 is 0 Å². The minimum Gasteiger partial charge on any atom is -0.339 e. The van der Waals surface area contributed by atoms with E-state index in [1.165, 1.54) is 0 Å². The highest BCUT2D eigenvalue weighted by Gasteiger charge is 2.29. The van der Waals surface area contributed by atoms with Crippen LogP contribution in [-0.2, 0) is 4.79 Å². The molecule has 1 unspecified atom stereocenters. The summed E-state index contributed by atoms with van der Waals surface area (Å²) in [6.45, 7) is 6.36. The summed E-state index contributed by atoms with van der Waals surface area (Å²) in [7, 11) is 0. The number of nitrogens with one attached hydrogen (secondary N) is 1. The van der Waals surface area contributed by atoms with Gasteiger partial charge in [0.15, 0.2) is 0 Å². The predicted octanol–water partition coefficient (Wildman–Crippen LogP) is 1.28. The summed E-state index contributed by atoms with van der Waals surface area (Å²) >= 11 is 0. The normalized spacial score (nSPS) is 22.0. The summed E-state index contributed by atoms with van der Waals surface area (Å²) in [4.78, 5) is 28.8. The molecule has 2 heterocycles. The maximum atomic E-state index is 12.5. The fourth-order valence-electron chi connectivity index (χ4n) is 3.33. The topological polar surface area (TPSA) is 52.7 Å². The molecule has 3 rings (SSSR count). The third-order valence-corrected chi connectivity index (χ3v) is 4.82. The van der Waals surface area contributed by atoms with Crippen molar-refractivity contribution in [3.05, 3.63) is 35.4 Å². The molecule has 2 aliphatic heterocycles. The van der Waals surface area contributed by atoms with Crippen LogP contribution >= 0.6 is 0 Å². The summed E-state index contributed by atoms with van der Waals surface area (Å²) in [5, 5.41) is 3.30. The summed E-state index contributed by atoms with van der Waals surface area (Å²) in [5.74, 6) is 0.430. The molecule has 0 spiro atoms. The standard InChI is InChI=1S/C18H25N3O2/c1-14-4-6-15(7-5-14)17(22)20-9-11-21(12-10-20)18(23)16-3-2-8-19-13-16/h4-7,16,19H,2-3,8-13H2,1H3. The zero-order valence-electron chi connectivity index (χ0n) is 13.8. The van der Waals surface area contributed by atoms with Crippen molar-refractivity contribution in [2.75, 3.05) is 39.3 Å². The van der Waals surface area contributed by atoms with Crippen LogP contribution in [0.15, 0.2) is 24.3 Å². The van der Waals surface area contributed by atoms with Gasteiger partial charge in [0.1, 0.15) is 0 Å². The van der Waals surface area contributed by atoms with Crippen molar-refractivity contribution in [2.24, 2.45) is 5.92 Å². The molecule has 1 N–H and O–H groups in total. The van der Waals surface area contributed by atoms with Crippen molar-refractivity contribution in [1.29, 1.82) is 0 Å². The highest BCUT2D eigenvalue weighted by molar-refractivity contribution is 5.94. The van der Waals surface area contributed by atoms with Gasteiger partial charge in [-0.05, 0) is 38.4 Å². The van der Waals surface area contributed by atoms with Crippen LogP contribution in [0.1, 0.15) is 28.8 Å². The summed E-state index contributed by atoms with van der Waals surface area (Å²) in [5.41, 5.74) is 1.88. The van der Waals surface area contributed by atoms with Crippen molar-refractivity contribution >= 4 is 11.8 Å². The first-order valence-electron chi connectivity index (χ1n) is 8.50. The molecule has 1 aromatic carbocycles. The molecule has 0 aliphatic carbocycles.